The molecule has 0 spiro atoms. The zero-order valence-corrected chi connectivity index (χ0v) is 15.6. The van der Waals surface area contributed by atoms with Crippen LogP contribution in [0.3, 0.4) is 0 Å². The number of ether oxygens (including phenoxy) is 2. The van der Waals surface area contributed by atoms with Crippen LogP contribution in [-0.2, 0) is 0 Å². The standard InChI is InChI=1S/C24H15NO4/c1-13-6-2-3-7-14(13)21-16-10-19-20(28-12-27-19)11-17(16)25-23-15-8-4-5-9-18(15)29-24(26)22(21)23/h2-11H,12H2,1H3. The number of pyridine rings is 1. The molecule has 5 heteroatoms. The Morgan fingerprint density at radius 3 is 2.52 bits per heavy atom. The lowest BCUT2D eigenvalue weighted by atomic mass is 9.93. The number of nitrogens with zero attached hydrogens (tertiary/aromatic N) is 1. The average molecular weight is 381 g/mol. The van der Waals surface area contributed by atoms with Crippen molar-refractivity contribution in [3.63, 3.8) is 0 Å². The second-order valence-corrected chi connectivity index (χ2v) is 7.13. The topological polar surface area (TPSA) is 61.6 Å². The van der Waals surface area contributed by atoms with Gasteiger partial charge in [0.25, 0.3) is 0 Å². The highest BCUT2D eigenvalue weighted by atomic mass is 16.7. The number of para-hydroxylation sites is 1. The van der Waals surface area contributed by atoms with Crippen LogP contribution < -0.4 is 15.1 Å². The SMILES string of the molecule is Cc1ccccc1-c1c2cc3c(cc2nc2c1c(=O)oc1ccccc12)OCO3. The zero-order valence-electron chi connectivity index (χ0n) is 15.6. The molecule has 0 N–H and O–H groups in total. The summed E-state index contributed by atoms with van der Waals surface area (Å²) in [7, 11) is 0. The smallest absolute Gasteiger partial charge is 0.346 e. The van der Waals surface area contributed by atoms with Gasteiger partial charge in [0.1, 0.15) is 5.58 Å². The lowest BCUT2D eigenvalue weighted by Crippen LogP contribution is -2.05. The van der Waals surface area contributed by atoms with Gasteiger partial charge in [-0.2, -0.15) is 0 Å². The molecule has 0 atom stereocenters. The van der Waals surface area contributed by atoms with Crippen molar-refractivity contribution in [1.29, 1.82) is 0 Å². The third-order valence-electron chi connectivity index (χ3n) is 5.44. The first-order valence-corrected chi connectivity index (χ1v) is 9.35. The highest BCUT2D eigenvalue weighted by Crippen LogP contribution is 2.42. The lowest BCUT2D eigenvalue weighted by molar-refractivity contribution is 0.174. The van der Waals surface area contributed by atoms with Gasteiger partial charge in [-0.1, -0.05) is 36.4 Å². The Labute approximate surface area is 165 Å². The molecule has 3 aromatic carbocycles. The summed E-state index contributed by atoms with van der Waals surface area (Å²) >= 11 is 0. The molecule has 5 nitrogen and oxygen atoms in total. The highest BCUT2D eigenvalue weighted by molar-refractivity contribution is 6.16. The summed E-state index contributed by atoms with van der Waals surface area (Å²) in [5.41, 5.74) is 4.33. The van der Waals surface area contributed by atoms with Crippen molar-refractivity contribution in [3.8, 4) is 22.6 Å². The Bertz CT molecular complexity index is 1520. The third kappa shape index (κ3) is 2.27. The minimum atomic E-state index is -0.399. The fourth-order valence-electron chi connectivity index (χ4n) is 4.08. The van der Waals surface area contributed by atoms with E-state index in [9.17, 15) is 4.79 Å². The predicted molar refractivity (Wildman–Crippen MR) is 112 cm³/mol. The Morgan fingerprint density at radius 2 is 1.66 bits per heavy atom. The van der Waals surface area contributed by atoms with Crippen molar-refractivity contribution in [1.82, 2.24) is 4.98 Å². The number of hydrogen-bond donors (Lipinski definition) is 0. The molecule has 1 aliphatic heterocycles. The third-order valence-corrected chi connectivity index (χ3v) is 5.44. The number of benzene rings is 3. The van der Waals surface area contributed by atoms with Gasteiger partial charge in [-0.15, -0.1) is 0 Å². The zero-order chi connectivity index (χ0) is 19.5. The van der Waals surface area contributed by atoms with E-state index in [1.807, 2.05) is 61.5 Å². The Hall–Kier alpha value is -3.86. The van der Waals surface area contributed by atoms with Crippen molar-refractivity contribution in [2.24, 2.45) is 0 Å². The Kier molecular flexibility index (Phi) is 3.23. The second kappa shape index (κ2) is 5.82. The summed E-state index contributed by atoms with van der Waals surface area (Å²) in [5.74, 6) is 1.31. The molecular formula is C24H15NO4. The molecule has 0 aliphatic carbocycles. The molecular weight excluding hydrogens is 366 g/mol. The van der Waals surface area contributed by atoms with E-state index in [2.05, 4.69) is 0 Å². The van der Waals surface area contributed by atoms with E-state index < -0.39 is 5.63 Å². The fraction of sp³-hybridized carbons (Fsp3) is 0.0833. The predicted octanol–water partition coefficient (Wildman–Crippen LogP) is 5.20. The van der Waals surface area contributed by atoms with Crippen LogP contribution in [0.15, 0.2) is 69.9 Å². The molecule has 5 aromatic rings. The molecule has 29 heavy (non-hydrogen) atoms. The van der Waals surface area contributed by atoms with Crippen molar-refractivity contribution in [2.75, 3.05) is 6.79 Å². The molecule has 0 saturated carbocycles. The van der Waals surface area contributed by atoms with Crippen LogP contribution in [0.4, 0.5) is 0 Å². The monoisotopic (exact) mass is 381 g/mol. The van der Waals surface area contributed by atoms with Crippen LogP contribution in [0, 0.1) is 6.92 Å². The van der Waals surface area contributed by atoms with Gasteiger partial charge in [-0.25, -0.2) is 9.78 Å². The van der Waals surface area contributed by atoms with E-state index in [0.29, 0.717) is 28.0 Å². The summed E-state index contributed by atoms with van der Waals surface area (Å²) in [4.78, 5) is 18.0. The van der Waals surface area contributed by atoms with Crippen molar-refractivity contribution >= 4 is 32.8 Å². The summed E-state index contributed by atoms with van der Waals surface area (Å²) in [6.45, 7) is 2.21. The maximum Gasteiger partial charge on any atom is 0.346 e. The van der Waals surface area contributed by atoms with Crippen LogP contribution in [0.1, 0.15) is 5.56 Å². The maximum absolute atomic E-state index is 13.1. The van der Waals surface area contributed by atoms with Crippen LogP contribution in [0.5, 0.6) is 11.5 Å². The molecule has 3 heterocycles. The number of rotatable bonds is 1. The van der Waals surface area contributed by atoms with E-state index >= 15 is 0 Å². The Balaban J connectivity index is 1.91. The second-order valence-electron chi connectivity index (χ2n) is 7.13. The van der Waals surface area contributed by atoms with Gasteiger partial charge in [-0.05, 0) is 36.2 Å². The van der Waals surface area contributed by atoms with E-state index in [0.717, 1.165) is 33.0 Å². The highest BCUT2D eigenvalue weighted by Gasteiger charge is 2.22. The van der Waals surface area contributed by atoms with Crippen LogP contribution in [-0.4, -0.2) is 11.8 Å². The molecule has 0 saturated heterocycles. The summed E-state index contributed by atoms with van der Waals surface area (Å²) in [5, 5.41) is 2.11. The largest absolute Gasteiger partial charge is 0.454 e. The van der Waals surface area contributed by atoms with Crippen LogP contribution >= 0.6 is 0 Å². The van der Waals surface area contributed by atoms with Gasteiger partial charge >= 0.3 is 5.63 Å². The molecule has 0 radical (unpaired) electrons. The summed E-state index contributed by atoms with van der Waals surface area (Å²) in [6.07, 6.45) is 0. The molecule has 6 rings (SSSR count). The number of aromatic nitrogens is 1. The van der Waals surface area contributed by atoms with Gasteiger partial charge in [-0.3, -0.25) is 0 Å². The number of fused-ring (bicyclic) bond motifs is 5. The van der Waals surface area contributed by atoms with E-state index in [1.165, 1.54) is 0 Å². The molecule has 0 fully saturated rings. The number of aryl methyl sites for hydroxylation is 1. The number of hydrogen-bond acceptors (Lipinski definition) is 5. The molecule has 0 amide bonds. The summed E-state index contributed by atoms with van der Waals surface area (Å²) in [6, 6.07) is 19.3. The maximum atomic E-state index is 13.1. The molecule has 140 valence electrons. The van der Waals surface area contributed by atoms with Crippen LogP contribution in [0.2, 0.25) is 0 Å². The van der Waals surface area contributed by atoms with E-state index in [-0.39, 0.29) is 6.79 Å². The summed E-state index contributed by atoms with van der Waals surface area (Å²) < 4.78 is 16.8. The van der Waals surface area contributed by atoms with Gasteiger partial charge in [0.15, 0.2) is 11.5 Å². The first-order chi connectivity index (χ1) is 14.2. The minimum absolute atomic E-state index is 0.177. The Morgan fingerprint density at radius 1 is 0.897 bits per heavy atom. The van der Waals surface area contributed by atoms with Crippen LogP contribution in [0.25, 0.3) is 43.9 Å². The van der Waals surface area contributed by atoms with Crippen molar-refractivity contribution in [2.45, 2.75) is 6.92 Å². The molecule has 0 bridgehead atoms. The first-order valence-electron chi connectivity index (χ1n) is 9.35. The lowest BCUT2D eigenvalue weighted by Gasteiger charge is -2.14. The average Bonchev–Trinajstić information content (AvgIpc) is 3.19. The normalized spacial score (nSPS) is 12.9. The molecule has 0 unspecified atom stereocenters. The van der Waals surface area contributed by atoms with E-state index in [4.69, 9.17) is 18.9 Å². The van der Waals surface area contributed by atoms with Gasteiger partial charge in [0.05, 0.1) is 16.4 Å². The van der Waals surface area contributed by atoms with Crippen molar-refractivity contribution < 1.29 is 13.9 Å². The quantitative estimate of drug-likeness (QED) is 0.227. The van der Waals surface area contributed by atoms with E-state index in [1.54, 1.807) is 6.07 Å². The van der Waals surface area contributed by atoms with Crippen molar-refractivity contribution in [3.05, 3.63) is 76.6 Å². The first kappa shape index (κ1) is 16.1. The molecule has 2 aromatic heterocycles. The minimum Gasteiger partial charge on any atom is -0.454 e. The fourth-order valence-corrected chi connectivity index (χ4v) is 4.08. The molecule has 1 aliphatic rings. The van der Waals surface area contributed by atoms with Gasteiger partial charge in [0.2, 0.25) is 6.79 Å². The van der Waals surface area contributed by atoms with Gasteiger partial charge < -0.3 is 13.9 Å². The van der Waals surface area contributed by atoms with Gasteiger partial charge in [0, 0.05) is 22.4 Å².